The van der Waals surface area contributed by atoms with Gasteiger partial charge in [-0.3, -0.25) is 19.3 Å². The fourth-order valence-electron chi connectivity index (χ4n) is 6.47. The van der Waals surface area contributed by atoms with Gasteiger partial charge in [-0.1, -0.05) is 0 Å². The highest BCUT2D eigenvalue weighted by Gasteiger charge is 2.64. The molecule has 0 spiro atoms. The third-order valence-corrected chi connectivity index (χ3v) is 8.41. The van der Waals surface area contributed by atoms with E-state index in [4.69, 9.17) is 15.2 Å². The number of ketones is 2. The number of Topliss-reactive ketones (excluding diaryl/α,β-unsaturated/α-hetero) is 2. The number of aliphatic hydroxyl groups excluding tert-OH is 2. The van der Waals surface area contributed by atoms with Crippen LogP contribution in [0.5, 0.6) is 5.75 Å². The summed E-state index contributed by atoms with van der Waals surface area (Å²) >= 11 is 0. The fraction of sp³-hybridized carbons (Fsp3) is 0.536. The van der Waals surface area contributed by atoms with E-state index < -0.39 is 64.3 Å². The average molecular weight is 575 g/mol. The molecule has 3 aliphatic rings. The number of nitrogens with two attached hydrogens (primary N) is 1. The first-order valence-corrected chi connectivity index (χ1v) is 13.2. The van der Waals surface area contributed by atoms with Gasteiger partial charge < -0.3 is 45.9 Å². The van der Waals surface area contributed by atoms with Crippen molar-refractivity contribution in [1.82, 2.24) is 10.2 Å². The molecule has 1 fully saturated rings. The number of aromatic hydroxyl groups is 1. The topological polar surface area (TPSA) is 195 Å². The van der Waals surface area contributed by atoms with Crippen LogP contribution in [0.3, 0.4) is 0 Å². The van der Waals surface area contributed by atoms with Crippen LogP contribution in [0.4, 0.5) is 5.69 Å². The number of benzene rings is 1. The highest BCUT2D eigenvalue weighted by atomic mass is 16.7. The zero-order valence-electron chi connectivity index (χ0n) is 24.0. The Bertz CT molecular complexity index is 1350. The SMILES string of the molecule is COC(CNCc1cc(N(C)C)c2c(c1O)C(O)=C1C(=O)[C@]3(O)C(O)=C(C(N)=O)C(=O)C(N(C)C)[C@@H]3C[C@@H]1C2)OC. The number of primary amides is 1. The van der Waals surface area contributed by atoms with Crippen LogP contribution >= 0.6 is 0 Å². The van der Waals surface area contributed by atoms with Gasteiger partial charge in [0.25, 0.3) is 5.91 Å². The molecule has 3 aliphatic carbocycles. The molecule has 1 amide bonds. The van der Waals surface area contributed by atoms with Crippen LogP contribution in [0.25, 0.3) is 5.76 Å². The smallest absolute Gasteiger partial charge is 0.255 e. The standard InChI is InChI=1S/C28H38N4O9/c1-31(2)16-9-13(10-30-11-17(40-5)41-6)22(33)19-14(16)7-12-8-15-21(32(3)4)24(35)20(27(29)38)26(37)28(15,39)25(36)18(12)23(19)34/h9,12,15,17,21,30,33-34,37,39H,7-8,10-11H2,1-6H3,(H2,29,38)/t12-,15-,21?,28-/m0/s1. The lowest BCUT2D eigenvalue weighted by atomic mass is 9.57. The minimum absolute atomic E-state index is 0.0259. The number of aliphatic hydroxyl groups is 3. The lowest BCUT2D eigenvalue weighted by Gasteiger charge is -2.50. The van der Waals surface area contributed by atoms with Crippen molar-refractivity contribution < 1.29 is 44.3 Å². The molecule has 41 heavy (non-hydrogen) atoms. The van der Waals surface area contributed by atoms with Crippen molar-refractivity contribution in [3.05, 3.63) is 39.7 Å². The van der Waals surface area contributed by atoms with Crippen LogP contribution in [-0.4, -0.2) is 110 Å². The predicted molar refractivity (Wildman–Crippen MR) is 148 cm³/mol. The summed E-state index contributed by atoms with van der Waals surface area (Å²) in [4.78, 5) is 42.7. The Morgan fingerprint density at radius 3 is 2.34 bits per heavy atom. The number of methoxy groups -OCH3 is 2. The summed E-state index contributed by atoms with van der Waals surface area (Å²) < 4.78 is 10.4. The molecule has 0 heterocycles. The quantitative estimate of drug-likeness (QED) is 0.167. The summed E-state index contributed by atoms with van der Waals surface area (Å²) in [6.07, 6.45) is -0.288. The Morgan fingerprint density at radius 1 is 1.17 bits per heavy atom. The number of carbonyl (C=O) groups excluding carboxylic acids is 3. The van der Waals surface area contributed by atoms with Crippen molar-refractivity contribution in [2.75, 3.05) is 53.9 Å². The number of fused-ring (bicyclic) bond motifs is 3. The van der Waals surface area contributed by atoms with Crippen molar-refractivity contribution in [1.29, 1.82) is 0 Å². The van der Waals surface area contributed by atoms with Gasteiger partial charge in [0.15, 0.2) is 17.7 Å². The van der Waals surface area contributed by atoms with Gasteiger partial charge in [-0.25, -0.2) is 0 Å². The first-order valence-electron chi connectivity index (χ1n) is 13.2. The molecule has 13 heteroatoms. The average Bonchev–Trinajstić information content (AvgIpc) is 2.89. The van der Waals surface area contributed by atoms with Gasteiger partial charge in [0.05, 0.1) is 11.6 Å². The summed E-state index contributed by atoms with van der Waals surface area (Å²) in [5, 5.41) is 48.8. The number of hydrogen-bond acceptors (Lipinski definition) is 12. The van der Waals surface area contributed by atoms with Crippen molar-refractivity contribution in [2.24, 2.45) is 17.6 Å². The molecule has 0 bridgehead atoms. The largest absolute Gasteiger partial charge is 0.508 e. The molecular formula is C28H38N4O9. The minimum atomic E-state index is -2.68. The van der Waals surface area contributed by atoms with Gasteiger partial charge in [0.1, 0.15) is 22.8 Å². The first-order chi connectivity index (χ1) is 19.2. The van der Waals surface area contributed by atoms with E-state index in [0.717, 1.165) is 0 Å². The molecular weight excluding hydrogens is 536 g/mol. The van der Waals surface area contributed by atoms with E-state index in [1.165, 1.54) is 19.1 Å². The Kier molecular flexibility index (Phi) is 8.22. The number of likely N-dealkylation sites (N-methyl/N-ethyl adjacent to an activating group) is 1. The molecule has 1 aromatic carbocycles. The Balaban J connectivity index is 1.88. The number of amides is 1. The highest BCUT2D eigenvalue weighted by Crippen LogP contribution is 2.54. The maximum absolute atomic E-state index is 14.0. The summed E-state index contributed by atoms with van der Waals surface area (Å²) in [6.45, 7) is 0.482. The van der Waals surface area contributed by atoms with E-state index in [0.29, 0.717) is 23.4 Å². The third kappa shape index (κ3) is 4.67. The van der Waals surface area contributed by atoms with Gasteiger partial charge in [0.2, 0.25) is 5.78 Å². The molecule has 0 saturated heterocycles. The van der Waals surface area contributed by atoms with Crippen LogP contribution < -0.4 is 16.0 Å². The molecule has 1 unspecified atom stereocenters. The van der Waals surface area contributed by atoms with E-state index in [1.54, 1.807) is 20.2 Å². The van der Waals surface area contributed by atoms with Gasteiger partial charge in [0, 0.05) is 64.1 Å². The molecule has 0 aromatic heterocycles. The second-order valence-electron chi connectivity index (χ2n) is 11.1. The van der Waals surface area contributed by atoms with Gasteiger partial charge in [-0.15, -0.1) is 0 Å². The second-order valence-corrected chi connectivity index (χ2v) is 11.1. The molecule has 7 N–H and O–H groups in total. The van der Waals surface area contributed by atoms with Crippen molar-refractivity contribution >= 4 is 28.9 Å². The number of nitrogens with one attached hydrogen (secondary N) is 1. The summed E-state index contributed by atoms with van der Waals surface area (Å²) in [6, 6.07) is 0.654. The first kappa shape index (κ1) is 30.5. The van der Waals surface area contributed by atoms with E-state index in [9.17, 15) is 34.8 Å². The lowest BCUT2D eigenvalue weighted by molar-refractivity contribution is -0.153. The summed E-state index contributed by atoms with van der Waals surface area (Å²) in [7, 11) is 9.75. The van der Waals surface area contributed by atoms with Crippen molar-refractivity contribution in [2.45, 2.75) is 37.3 Å². The van der Waals surface area contributed by atoms with E-state index >= 15 is 0 Å². The fourth-order valence-corrected chi connectivity index (χ4v) is 6.47. The number of phenols is 1. The zero-order valence-corrected chi connectivity index (χ0v) is 24.0. The molecule has 0 radical (unpaired) electrons. The number of rotatable bonds is 9. The zero-order chi connectivity index (χ0) is 30.5. The second kappa shape index (κ2) is 11.1. The van der Waals surface area contributed by atoms with Crippen molar-refractivity contribution in [3.63, 3.8) is 0 Å². The molecule has 1 aromatic rings. The van der Waals surface area contributed by atoms with Crippen molar-refractivity contribution in [3.8, 4) is 5.75 Å². The number of nitrogens with zero attached hydrogens (tertiary/aromatic N) is 2. The van der Waals surface area contributed by atoms with Crippen LogP contribution in [0.2, 0.25) is 0 Å². The number of ether oxygens (including phenoxy) is 2. The maximum Gasteiger partial charge on any atom is 0.255 e. The van der Waals surface area contributed by atoms with E-state index in [1.807, 2.05) is 19.0 Å². The third-order valence-electron chi connectivity index (χ3n) is 8.41. The van der Waals surface area contributed by atoms with E-state index in [-0.39, 0.29) is 36.3 Å². The van der Waals surface area contributed by atoms with Crippen LogP contribution in [0.1, 0.15) is 23.1 Å². The molecule has 4 rings (SSSR count). The number of carbonyl (C=O) groups is 3. The van der Waals surface area contributed by atoms with Crippen LogP contribution in [0, 0.1) is 11.8 Å². The number of hydrogen-bond donors (Lipinski definition) is 6. The maximum atomic E-state index is 14.0. The summed E-state index contributed by atoms with van der Waals surface area (Å²) in [5.41, 5.74) is 3.42. The van der Waals surface area contributed by atoms with Crippen LogP contribution in [-0.2, 0) is 36.8 Å². The summed E-state index contributed by atoms with van der Waals surface area (Å²) in [5.74, 6) is -6.79. The number of anilines is 1. The molecule has 0 aliphatic heterocycles. The van der Waals surface area contributed by atoms with Gasteiger partial charge >= 0.3 is 0 Å². The monoisotopic (exact) mass is 574 g/mol. The molecule has 1 saturated carbocycles. The molecule has 4 atom stereocenters. The highest BCUT2D eigenvalue weighted by molar-refractivity contribution is 6.24. The Morgan fingerprint density at radius 2 is 1.80 bits per heavy atom. The van der Waals surface area contributed by atoms with E-state index in [2.05, 4.69) is 5.32 Å². The number of phenolic OH excluding ortho intramolecular Hbond substituents is 1. The Labute approximate surface area is 237 Å². The molecule has 224 valence electrons. The van der Waals surface area contributed by atoms with Gasteiger partial charge in [-0.2, -0.15) is 0 Å². The Hall–Kier alpha value is -3.49. The minimum Gasteiger partial charge on any atom is -0.508 e. The molecule has 13 nitrogen and oxygen atoms in total. The van der Waals surface area contributed by atoms with Crippen LogP contribution in [0.15, 0.2) is 23.0 Å². The normalized spacial score (nSPS) is 25.9. The van der Waals surface area contributed by atoms with Gasteiger partial charge in [-0.05, 0) is 44.5 Å². The lowest BCUT2D eigenvalue weighted by Crippen LogP contribution is -2.65. The predicted octanol–water partition coefficient (Wildman–Crippen LogP) is -0.261.